The second kappa shape index (κ2) is 6.62. The van der Waals surface area contributed by atoms with Gasteiger partial charge in [0.25, 0.3) is 0 Å². The molecule has 21 heavy (non-hydrogen) atoms. The molecule has 0 spiro atoms. The number of thioether (sulfide) groups is 1. The monoisotopic (exact) mass is 302 g/mol. The Morgan fingerprint density at radius 1 is 1.43 bits per heavy atom. The standard InChI is InChI=1S/C16H22N4S/c1-3-8-17-15(9-12-10-20(2)19-18-12)14-11-21-16-7-5-4-6-13(14)16/h4-7,10,14-15,17H,3,8-9,11H2,1-2H3. The van der Waals surface area contributed by atoms with E-state index in [1.807, 2.05) is 25.0 Å². The summed E-state index contributed by atoms with van der Waals surface area (Å²) in [5, 5.41) is 12.0. The Labute approximate surface area is 130 Å². The molecule has 2 atom stereocenters. The zero-order valence-electron chi connectivity index (χ0n) is 12.6. The maximum Gasteiger partial charge on any atom is 0.0842 e. The Balaban J connectivity index is 1.79. The Kier molecular flexibility index (Phi) is 4.60. The van der Waals surface area contributed by atoms with E-state index >= 15 is 0 Å². The average Bonchev–Trinajstić information content (AvgIpc) is 3.09. The number of aryl methyl sites for hydroxylation is 1. The van der Waals surface area contributed by atoms with Gasteiger partial charge in [0.1, 0.15) is 0 Å². The highest BCUT2D eigenvalue weighted by Gasteiger charge is 2.30. The predicted molar refractivity (Wildman–Crippen MR) is 86.7 cm³/mol. The molecule has 4 nitrogen and oxygen atoms in total. The third-order valence-corrected chi connectivity index (χ3v) is 5.17. The first kappa shape index (κ1) is 14.6. The quantitative estimate of drug-likeness (QED) is 0.891. The number of benzene rings is 1. The summed E-state index contributed by atoms with van der Waals surface area (Å²) < 4.78 is 1.78. The molecule has 0 bridgehead atoms. The normalized spacial score (nSPS) is 18.7. The van der Waals surface area contributed by atoms with Gasteiger partial charge in [-0.25, -0.2) is 0 Å². The smallest absolute Gasteiger partial charge is 0.0842 e. The Morgan fingerprint density at radius 3 is 3.05 bits per heavy atom. The van der Waals surface area contributed by atoms with Crippen molar-refractivity contribution in [1.82, 2.24) is 20.3 Å². The van der Waals surface area contributed by atoms with Crippen LogP contribution in [0, 0.1) is 0 Å². The lowest BCUT2D eigenvalue weighted by Crippen LogP contribution is -2.37. The first-order chi connectivity index (χ1) is 10.3. The number of nitrogens with one attached hydrogen (secondary N) is 1. The molecular formula is C16H22N4S. The molecule has 1 aromatic carbocycles. The van der Waals surface area contributed by atoms with Crippen molar-refractivity contribution >= 4 is 11.8 Å². The summed E-state index contributed by atoms with van der Waals surface area (Å²) >= 11 is 1.97. The Hall–Kier alpha value is -1.33. The molecule has 2 heterocycles. The van der Waals surface area contributed by atoms with Crippen LogP contribution in [0.1, 0.15) is 30.5 Å². The van der Waals surface area contributed by atoms with E-state index in [0.29, 0.717) is 12.0 Å². The SMILES string of the molecule is CCCNC(Cc1cn(C)nn1)C1CSc2ccccc21. The van der Waals surface area contributed by atoms with Gasteiger partial charge in [-0.1, -0.05) is 30.3 Å². The van der Waals surface area contributed by atoms with Gasteiger partial charge < -0.3 is 5.32 Å². The summed E-state index contributed by atoms with van der Waals surface area (Å²) in [6.07, 6.45) is 4.11. The number of fused-ring (bicyclic) bond motifs is 1. The van der Waals surface area contributed by atoms with Gasteiger partial charge in [-0.3, -0.25) is 4.68 Å². The molecule has 2 aromatic rings. The van der Waals surface area contributed by atoms with Crippen LogP contribution in [-0.4, -0.2) is 33.3 Å². The van der Waals surface area contributed by atoms with E-state index in [1.165, 1.54) is 10.5 Å². The molecule has 0 fully saturated rings. The van der Waals surface area contributed by atoms with Crippen molar-refractivity contribution in [2.45, 2.75) is 36.6 Å². The molecule has 0 saturated heterocycles. The lowest BCUT2D eigenvalue weighted by atomic mass is 9.90. The maximum absolute atomic E-state index is 4.26. The lowest BCUT2D eigenvalue weighted by Gasteiger charge is -2.24. The van der Waals surface area contributed by atoms with Crippen molar-refractivity contribution in [2.24, 2.45) is 7.05 Å². The molecular weight excluding hydrogens is 280 g/mol. The van der Waals surface area contributed by atoms with Crippen LogP contribution < -0.4 is 5.32 Å². The third-order valence-electron chi connectivity index (χ3n) is 3.96. The summed E-state index contributed by atoms with van der Waals surface area (Å²) in [6, 6.07) is 9.22. The maximum atomic E-state index is 4.26. The van der Waals surface area contributed by atoms with Gasteiger partial charge in [-0.2, -0.15) is 0 Å². The van der Waals surface area contributed by atoms with E-state index in [-0.39, 0.29) is 0 Å². The predicted octanol–water partition coefficient (Wildman–Crippen LogP) is 2.62. The minimum atomic E-state index is 0.429. The Morgan fingerprint density at radius 2 is 2.29 bits per heavy atom. The minimum absolute atomic E-state index is 0.429. The van der Waals surface area contributed by atoms with Gasteiger partial charge in [0.05, 0.1) is 5.69 Å². The average molecular weight is 302 g/mol. The van der Waals surface area contributed by atoms with Crippen LogP contribution >= 0.6 is 11.8 Å². The highest BCUT2D eigenvalue weighted by atomic mass is 32.2. The number of hydrogen-bond acceptors (Lipinski definition) is 4. The van der Waals surface area contributed by atoms with Crippen molar-refractivity contribution in [1.29, 1.82) is 0 Å². The summed E-state index contributed by atoms with van der Waals surface area (Å²) in [6.45, 7) is 3.26. The summed E-state index contributed by atoms with van der Waals surface area (Å²) in [7, 11) is 1.92. The molecule has 1 aromatic heterocycles. The number of hydrogen-bond donors (Lipinski definition) is 1. The van der Waals surface area contributed by atoms with Crippen LogP contribution in [0.25, 0.3) is 0 Å². The molecule has 1 N–H and O–H groups in total. The van der Waals surface area contributed by atoms with Crippen LogP contribution in [-0.2, 0) is 13.5 Å². The molecule has 3 rings (SSSR count). The first-order valence-electron chi connectivity index (χ1n) is 7.58. The molecule has 0 aliphatic carbocycles. The van der Waals surface area contributed by atoms with Crippen LogP contribution in [0.15, 0.2) is 35.4 Å². The molecule has 0 radical (unpaired) electrons. The van der Waals surface area contributed by atoms with Crippen molar-refractivity contribution < 1.29 is 0 Å². The van der Waals surface area contributed by atoms with Gasteiger partial charge in [0.2, 0.25) is 0 Å². The minimum Gasteiger partial charge on any atom is -0.313 e. The lowest BCUT2D eigenvalue weighted by molar-refractivity contribution is 0.448. The van der Waals surface area contributed by atoms with Gasteiger partial charge in [0, 0.05) is 42.3 Å². The van der Waals surface area contributed by atoms with Crippen molar-refractivity contribution in [2.75, 3.05) is 12.3 Å². The molecule has 112 valence electrons. The van der Waals surface area contributed by atoms with Crippen LogP contribution in [0.3, 0.4) is 0 Å². The van der Waals surface area contributed by atoms with E-state index in [0.717, 1.165) is 30.8 Å². The molecule has 1 aliphatic rings. The van der Waals surface area contributed by atoms with Gasteiger partial charge in [0.15, 0.2) is 0 Å². The van der Waals surface area contributed by atoms with E-state index in [4.69, 9.17) is 0 Å². The molecule has 2 unspecified atom stereocenters. The molecule has 5 heteroatoms. The number of nitrogens with zero attached hydrogens (tertiary/aromatic N) is 3. The highest BCUT2D eigenvalue weighted by Crippen LogP contribution is 2.41. The second-order valence-corrected chi connectivity index (χ2v) is 6.67. The summed E-state index contributed by atoms with van der Waals surface area (Å²) in [4.78, 5) is 1.44. The van der Waals surface area contributed by atoms with Crippen LogP contribution in [0.2, 0.25) is 0 Å². The topological polar surface area (TPSA) is 42.7 Å². The summed E-state index contributed by atoms with van der Waals surface area (Å²) in [5.41, 5.74) is 2.56. The van der Waals surface area contributed by atoms with E-state index in [9.17, 15) is 0 Å². The molecule has 0 amide bonds. The van der Waals surface area contributed by atoms with Crippen LogP contribution in [0.4, 0.5) is 0 Å². The fourth-order valence-corrected chi connectivity index (χ4v) is 4.25. The van der Waals surface area contributed by atoms with E-state index in [2.05, 4.69) is 46.8 Å². The zero-order valence-corrected chi connectivity index (χ0v) is 13.4. The van der Waals surface area contributed by atoms with E-state index < -0.39 is 0 Å². The highest BCUT2D eigenvalue weighted by molar-refractivity contribution is 7.99. The van der Waals surface area contributed by atoms with Crippen molar-refractivity contribution in [3.63, 3.8) is 0 Å². The van der Waals surface area contributed by atoms with Gasteiger partial charge in [-0.05, 0) is 24.6 Å². The van der Waals surface area contributed by atoms with Crippen molar-refractivity contribution in [3.05, 3.63) is 41.7 Å². The first-order valence-corrected chi connectivity index (χ1v) is 8.56. The fraction of sp³-hybridized carbons (Fsp3) is 0.500. The number of rotatable bonds is 6. The summed E-state index contributed by atoms with van der Waals surface area (Å²) in [5.74, 6) is 1.71. The second-order valence-electron chi connectivity index (χ2n) is 5.60. The largest absolute Gasteiger partial charge is 0.313 e. The third kappa shape index (κ3) is 3.30. The van der Waals surface area contributed by atoms with Crippen molar-refractivity contribution in [3.8, 4) is 0 Å². The van der Waals surface area contributed by atoms with Gasteiger partial charge >= 0.3 is 0 Å². The molecule has 0 saturated carbocycles. The fourth-order valence-electron chi connectivity index (χ4n) is 2.92. The van der Waals surface area contributed by atoms with Crippen LogP contribution in [0.5, 0.6) is 0 Å². The van der Waals surface area contributed by atoms with E-state index in [1.54, 1.807) is 4.68 Å². The zero-order chi connectivity index (χ0) is 14.7. The number of aromatic nitrogens is 3. The molecule has 1 aliphatic heterocycles. The Bertz CT molecular complexity index is 595. The van der Waals surface area contributed by atoms with Gasteiger partial charge in [-0.15, -0.1) is 16.9 Å².